The second-order valence-corrected chi connectivity index (χ2v) is 9.76. The van der Waals surface area contributed by atoms with E-state index in [4.69, 9.17) is 23.4 Å². The summed E-state index contributed by atoms with van der Waals surface area (Å²) in [6.07, 6.45) is -15.8. The minimum atomic E-state index is -1.97. The molecule has 0 spiro atoms. The maximum atomic E-state index is 13.3. The lowest BCUT2D eigenvalue weighted by Crippen LogP contribution is -2.60. The molecule has 3 aromatic rings. The Labute approximate surface area is 235 Å². The first-order valence-corrected chi connectivity index (χ1v) is 12.6. The van der Waals surface area contributed by atoms with E-state index in [1.165, 1.54) is 24.3 Å². The highest BCUT2D eigenvalue weighted by molar-refractivity contribution is 5.95. The molecule has 2 aromatic carbocycles. The molecule has 2 fully saturated rings. The van der Waals surface area contributed by atoms with Gasteiger partial charge in [0, 0.05) is 11.6 Å². The Bertz CT molecular complexity index is 1490. The van der Waals surface area contributed by atoms with Crippen LogP contribution >= 0.6 is 0 Å². The van der Waals surface area contributed by atoms with Crippen LogP contribution in [-0.4, -0.2) is 120 Å². The van der Waals surface area contributed by atoms with Crippen LogP contribution in [0.1, 0.15) is 0 Å². The minimum absolute atomic E-state index is 0.0876. The summed E-state index contributed by atoms with van der Waals surface area (Å²) in [5.74, 6) is -3.99. The van der Waals surface area contributed by atoms with Gasteiger partial charge in [-0.05, 0) is 24.3 Å². The van der Waals surface area contributed by atoms with Crippen LogP contribution in [0, 0.1) is 0 Å². The average molecular weight is 596 g/mol. The number of phenols is 3. The molecular weight excluding hydrogens is 568 g/mol. The van der Waals surface area contributed by atoms with Gasteiger partial charge in [0.25, 0.3) is 0 Å². The molecule has 1 aromatic heterocycles. The highest BCUT2D eigenvalue weighted by atomic mass is 16.7. The first-order valence-electron chi connectivity index (χ1n) is 12.6. The molecule has 42 heavy (non-hydrogen) atoms. The summed E-state index contributed by atoms with van der Waals surface area (Å²) in [7, 11) is 0. The fraction of sp³-hybridized carbons (Fsp3) is 0.423. The van der Waals surface area contributed by atoms with Crippen LogP contribution in [-0.2, 0) is 9.47 Å². The Morgan fingerprint density at radius 2 is 1.43 bits per heavy atom. The molecule has 2 aliphatic heterocycles. The van der Waals surface area contributed by atoms with Gasteiger partial charge in [-0.2, -0.15) is 0 Å². The van der Waals surface area contributed by atoms with Crippen molar-refractivity contribution in [3.05, 3.63) is 40.6 Å². The van der Waals surface area contributed by atoms with Crippen LogP contribution in [0.15, 0.2) is 39.5 Å². The molecule has 2 saturated heterocycles. The van der Waals surface area contributed by atoms with Crippen molar-refractivity contribution in [3.8, 4) is 40.1 Å². The number of hydrogen-bond donors (Lipinski definition) is 10. The largest absolute Gasteiger partial charge is 0.508 e. The molecule has 0 radical (unpaired) electrons. The molecule has 5 rings (SSSR count). The zero-order valence-electron chi connectivity index (χ0n) is 21.4. The summed E-state index contributed by atoms with van der Waals surface area (Å²) >= 11 is 0. The van der Waals surface area contributed by atoms with Crippen LogP contribution in [0.4, 0.5) is 0 Å². The van der Waals surface area contributed by atoms with Gasteiger partial charge in [-0.15, -0.1) is 0 Å². The number of ether oxygens (including phenoxy) is 4. The first-order chi connectivity index (χ1) is 19.9. The maximum absolute atomic E-state index is 13.3. The van der Waals surface area contributed by atoms with Crippen molar-refractivity contribution in [1.82, 2.24) is 0 Å². The van der Waals surface area contributed by atoms with E-state index in [2.05, 4.69) is 0 Å². The lowest BCUT2D eigenvalue weighted by atomic mass is 9.99. The van der Waals surface area contributed by atoms with Crippen LogP contribution in [0.5, 0.6) is 28.7 Å². The van der Waals surface area contributed by atoms with Gasteiger partial charge in [0.15, 0.2) is 16.8 Å². The monoisotopic (exact) mass is 596 g/mol. The molecule has 0 amide bonds. The van der Waals surface area contributed by atoms with Crippen LogP contribution < -0.4 is 14.9 Å². The number of aliphatic hydroxyl groups is 7. The second kappa shape index (κ2) is 11.5. The van der Waals surface area contributed by atoms with Crippen molar-refractivity contribution >= 4 is 11.0 Å². The number of hydrogen-bond acceptors (Lipinski definition) is 16. The predicted octanol–water partition coefficient (Wildman–Crippen LogP) is -2.43. The van der Waals surface area contributed by atoms with Crippen LogP contribution in [0.25, 0.3) is 22.3 Å². The van der Waals surface area contributed by atoms with E-state index < -0.39 is 108 Å². The van der Waals surface area contributed by atoms with Gasteiger partial charge in [-0.25, -0.2) is 0 Å². The third-order valence-electron chi connectivity index (χ3n) is 6.96. The number of aliphatic hydroxyl groups excluding tert-OH is 7. The summed E-state index contributed by atoms with van der Waals surface area (Å²) in [5, 5.41) is 102. The summed E-state index contributed by atoms with van der Waals surface area (Å²) in [4.78, 5) is 13.3. The normalized spacial score (nSPS) is 31.6. The fourth-order valence-corrected chi connectivity index (χ4v) is 4.58. The Kier molecular flexibility index (Phi) is 8.17. The molecule has 2 aliphatic rings. The maximum Gasteiger partial charge on any atom is 0.229 e. The molecule has 16 heteroatoms. The zero-order chi connectivity index (χ0) is 30.5. The van der Waals surface area contributed by atoms with Gasteiger partial charge < -0.3 is 74.4 Å². The number of phenolic OH excluding ortho intramolecular Hbond substituents is 3. The Balaban J connectivity index is 1.66. The smallest absolute Gasteiger partial charge is 0.229 e. The molecule has 0 bridgehead atoms. The van der Waals surface area contributed by atoms with Gasteiger partial charge in [-0.1, -0.05) is 0 Å². The van der Waals surface area contributed by atoms with Crippen LogP contribution in [0.3, 0.4) is 0 Å². The molecule has 0 saturated carbocycles. The van der Waals surface area contributed by atoms with Gasteiger partial charge in [0.05, 0.1) is 13.2 Å². The molecule has 3 heterocycles. The fourth-order valence-electron chi connectivity index (χ4n) is 4.58. The van der Waals surface area contributed by atoms with Gasteiger partial charge in [0.2, 0.25) is 29.8 Å². The van der Waals surface area contributed by atoms with E-state index in [-0.39, 0.29) is 17.1 Å². The second-order valence-electron chi connectivity index (χ2n) is 9.76. The molecule has 0 unspecified atom stereocenters. The Hall–Kier alpha value is -3.71. The van der Waals surface area contributed by atoms with E-state index in [9.17, 15) is 55.9 Å². The quantitative estimate of drug-likeness (QED) is 0.142. The SMILES string of the molecule is O=c1cc(-c2ccc(O)cc2)oc2c(O[C@@H]3O[C@H](CO)[C@H](O)[C@H](O)[C@@H]3O)c(O)c(O[C@H]3OC[C@@H](O)[C@@H](O)[C@@H]3O)c(O)c12. The van der Waals surface area contributed by atoms with Crippen molar-refractivity contribution in [2.24, 2.45) is 0 Å². The summed E-state index contributed by atoms with van der Waals surface area (Å²) in [6, 6.07) is 6.38. The zero-order valence-corrected chi connectivity index (χ0v) is 21.4. The van der Waals surface area contributed by atoms with Crippen molar-refractivity contribution < 1.29 is 74.4 Å². The summed E-state index contributed by atoms with van der Waals surface area (Å²) in [5.41, 5.74) is -1.23. The molecule has 228 valence electrons. The average Bonchev–Trinajstić information content (AvgIpc) is 2.97. The van der Waals surface area contributed by atoms with Crippen molar-refractivity contribution in [2.45, 2.75) is 55.3 Å². The molecule has 9 atom stereocenters. The number of rotatable bonds is 6. The summed E-state index contributed by atoms with van der Waals surface area (Å²) in [6.45, 7) is -1.32. The van der Waals surface area contributed by atoms with Crippen molar-refractivity contribution in [3.63, 3.8) is 0 Å². The third kappa shape index (κ3) is 5.19. The number of benzene rings is 2. The van der Waals surface area contributed by atoms with Gasteiger partial charge in [0.1, 0.15) is 59.6 Å². The number of fused-ring (bicyclic) bond motifs is 1. The van der Waals surface area contributed by atoms with Crippen LogP contribution in [0.2, 0.25) is 0 Å². The van der Waals surface area contributed by atoms with E-state index >= 15 is 0 Å². The molecular formula is C26H28O16. The topological polar surface area (TPSA) is 269 Å². The number of aromatic hydroxyl groups is 3. The standard InChI is InChI=1S/C26H28O16/c27-6-13-16(32)18(34)20(36)26(40-13)42-24-21(37)23(41-25-19(35)15(31)11(30)7-38-25)17(33)14-10(29)5-12(39-22(14)24)8-1-3-9(28)4-2-8/h1-5,11,13,15-16,18-20,25-28,30-37H,6-7H2/t11-,13-,15-,16+,18+,19+,20+,25-,26+/m1/s1. The van der Waals surface area contributed by atoms with Crippen molar-refractivity contribution in [2.75, 3.05) is 13.2 Å². The van der Waals surface area contributed by atoms with E-state index in [0.29, 0.717) is 0 Å². The molecule has 16 nitrogen and oxygen atoms in total. The van der Waals surface area contributed by atoms with Gasteiger partial charge >= 0.3 is 0 Å². The molecule has 0 aliphatic carbocycles. The molecule has 10 N–H and O–H groups in total. The van der Waals surface area contributed by atoms with Crippen molar-refractivity contribution in [1.29, 1.82) is 0 Å². The predicted molar refractivity (Wildman–Crippen MR) is 136 cm³/mol. The summed E-state index contributed by atoms with van der Waals surface area (Å²) < 4.78 is 27.3. The van der Waals surface area contributed by atoms with E-state index in [0.717, 1.165) is 6.07 Å². The first kappa shape index (κ1) is 29.8. The lowest BCUT2D eigenvalue weighted by molar-refractivity contribution is -0.277. The van der Waals surface area contributed by atoms with E-state index in [1.54, 1.807) is 0 Å². The highest BCUT2D eigenvalue weighted by Gasteiger charge is 2.46. The lowest BCUT2D eigenvalue weighted by Gasteiger charge is -2.39. The van der Waals surface area contributed by atoms with Gasteiger partial charge in [-0.3, -0.25) is 4.79 Å². The minimum Gasteiger partial charge on any atom is -0.508 e. The highest BCUT2D eigenvalue weighted by Crippen LogP contribution is 2.51. The third-order valence-corrected chi connectivity index (χ3v) is 6.96. The Morgan fingerprint density at radius 1 is 0.786 bits per heavy atom. The van der Waals surface area contributed by atoms with E-state index in [1.807, 2.05) is 0 Å². The Morgan fingerprint density at radius 3 is 2.10 bits per heavy atom.